The van der Waals surface area contributed by atoms with E-state index < -0.39 is 0 Å². The molecule has 2 rings (SSSR count). The van der Waals surface area contributed by atoms with E-state index in [1.807, 2.05) is 24.3 Å². The molecule has 1 heterocycles. The summed E-state index contributed by atoms with van der Waals surface area (Å²) in [5.74, 6) is 2.03. The molecule has 94 valence electrons. The Bertz CT molecular complexity index is 336. The minimum Gasteiger partial charge on any atom is -0.493 e. The smallest absolute Gasteiger partial charge is 0.119 e. The van der Waals surface area contributed by atoms with E-state index in [0.717, 1.165) is 23.3 Å². The Kier molecular flexibility index (Phi) is 4.83. The summed E-state index contributed by atoms with van der Waals surface area (Å²) in [6.45, 7) is 3.60. The predicted octanol–water partition coefficient (Wildman–Crippen LogP) is 2.01. The Balaban J connectivity index is 1.84. The summed E-state index contributed by atoms with van der Waals surface area (Å²) in [6, 6.07) is 7.93. The van der Waals surface area contributed by atoms with Gasteiger partial charge in [-0.2, -0.15) is 0 Å². The fourth-order valence-electron chi connectivity index (χ4n) is 2.21. The minimum absolute atomic E-state index is 0.452. The number of benzene rings is 1. The number of hydrogen-bond donors (Lipinski definition) is 2. The van der Waals surface area contributed by atoms with Crippen LogP contribution in [0.15, 0.2) is 28.7 Å². The molecule has 1 aromatic carbocycles. The van der Waals surface area contributed by atoms with E-state index >= 15 is 0 Å². The Morgan fingerprint density at radius 3 is 2.76 bits per heavy atom. The number of rotatable bonds is 5. The lowest BCUT2D eigenvalue weighted by Crippen LogP contribution is -2.30. The van der Waals surface area contributed by atoms with Gasteiger partial charge in [0.05, 0.1) is 6.61 Å². The molecule has 0 saturated carbocycles. The summed E-state index contributed by atoms with van der Waals surface area (Å²) in [5, 5.41) is 3.38. The monoisotopic (exact) mass is 298 g/mol. The number of nitrogens with two attached hydrogens (primary N) is 1. The van der Waals surface area contributed by atoms with Crippen LogP contribution in [-0.2, 0) is 0 Å². The summed E-state index contributed by atoms with van der Waals surface area (Å²) in [5.41, 5.74) is 5.83. The molecule has 1 saturated heterocycles. The summed E-state index contributed by atoms with van der Waals surface area (Å²) in [4.78, 5) is 0. The second-order valence-corrected chi connectivity index (χ2v) is 5.43. The van der Waals surface area contributed by atoms with Gasteiger partial charge in [0.1, 0.15) is 5.75 Å². The topological polar surface area (TPSA) is 47.3 Å². The van der Waals surface area contributed by atoms with Gasteiger partial charge in [-0.25, -0.2) is 0 Å². The fourth-order valence-corrected chi connectivity index (χ4v) is 2.47. The van der Waals surface area contributed by atoms with E-state index in [0.29, 0.717) is 25.0 Å². The zero-order chi connectivity index (χ0) is 12.1. The van der Waals surface area contributed by atoms with Crippen LogP contribution in [0.4, 0.5) is 0 Å². The van der Waals surface area contributed by atoms with Gasteiger partial charge in [-0.3, -0.25) is 0 Å². The molecule has 1 aromatic rings. The highest BCUT2D eigenvalue weighted by Crippen LogP contribution is 2.21. The molecule has 0 radical (unpaired) electrons. The van der Waals surface area contributed by atoms with E-state index in [1.54, 1.807) is 0 Å². The molecule has 0 spiro atoms. The van der Waals surface area contributed by atoms with Crippen LogP contribution in [0, 0.1) is 11.8 Å². The van der Waals surface area contributed by atoms with Crippen LogP contribution in [-0.4, -0.2) is 26.2 Å². The van der Waals surface area contributed by atoms with Gasteiger partial charge in [-0.05, 0) is 56.2 Å². The highest BCUT2D eigenvalue weighted by molar-refractivity contribution is 9.10. The molecule has 1 aliphatic heterocycles. The zero-order valence-electron chi connectivity index (χ0n) is 9.86. The fraction of sp³-hybridized carbons (Fsp3) is 0.538. The average Bonchev–Trinajstić information content (AvgIpc) is 2.86. The van der Waals surface area contributed by atoms with Gasteiger partial charge >= 0.3 is 0 Å². The van der Waals surface area contributed by atoms with Gasteiger partial charge < -0.3 is 15.8 Å². The maximum absolute atomic E-state index is 5.83. The molecule has 0 amide bonds. The predicted molar refractivity (Wildman–Crippen MR) is 73.2 cm³/mol. The van der Waals surface area contributed by atoms with Gasteiger partial charge in [0, 0.05) is 10.4 Å². The standard InChI is InChI=1S/C13H19BrN2O/c14-12-1-3-13(4-2-12)17-9-11(7-15)10-5-6-16-8-10/h1-4,10-11,16H,5-9,15H2. The van der Waals surface area contributed by atoms with Crippen molar-refractivity contribution in [2.45, 2.75) is 6.42 Å². The molecule has 0 aromatic heterocycles. The number of halogens is 1. The van der Waals surface area contributed by atoms with Crippen LogP contribution >= 0.6 is 15.9 Å². The van der Waals surface area contributed by atoms with Crippen molar-refractivity contribution in [2.24, 2.45) is 17.6 Å². The number of ether oxygens (including phenoxy) is 1. The molecule has 3 nitrogen and oxygen atoms in total. The molecule has 2 atom stereocenters. The molecule has 0 bridgehead atoms. The number of hydrogen-bond acceptors (Lipinski definition) is 3. The summed E-state index contributed by atoms with van der Waals surface area (Å²) in [6.07, 6.45) is 1.21. The number of nitrogens with one attached hydrogen (secondary N) is 1. The second kappa shape index (κ2) is 6.38. The molecular formula is C13H19BrN2O. The van der Waals surface area contributed by atoms with Crippen LogP contribution < -0.4 is 15.8 Å². The Hall–Kier alpha value is -0.580. The van der Waals surface area contributed by atoms with Gasteiger partial charge in [0.25, 0.3) is 0 Å². The molecule has 1 aliphatic rings. The quantitative estimate of drug-likeness (QED) is 0.874. The SMILES string of the molecule is NCC(COc1ccc(Br)cc1)C1CCNC1. The summed E-state index contributed by atoms with van der Waals surface area (Å²) in [7, 11) is 0. The van der Waals surface area contributed by atoms with Crippen molar-refractivity contribution in [3.8, 4) is 5.75 Å². The van der Waals surface area contributed by atoms with Crippen LogP contribution in [0.5, 0.6) is 5.75 Å². The van der Waals surface area contributed by atoms with Crippen molar-refractivity contribution in [3.63, 3.8) is 0 Å². The average molecular weight is 299 g/mol. The van der Waals surface area contributed by atoms with Gasteiger partial charge in [0.2, 0.25) is 0 Å². The Morgan fingerprint density at radius 2 is 2.18 bits per heavy atom. The normalized spacial score (nSPS) is 21.4. The molecule has 3 N–H and O–H groups in total. The molecule has 2 unspecified atom stereocenters. The lowest BCUT2D eigenvalue weighted by molar-refractivity contribution is 0.206. The van der Waals surface area contributed by atoms with Crippen molar-refractivity contribution in [1.29, 1.82) is 0 Å². The minimum atomic E-state index is 0.452. The second-order valence-electron chi connectivity index (χ2n) is 4.51. The van der Waals surface area contributed by atoms with E-state index in [1.165, 1.54) is 6.42 Å². The highest BCUT2D eigenvalue weighted by Gasteiger charge is 2.24. The van der Waals surface area contributed by atoms with E-state index in [9.17, 15) is 0 Å². The van der Waals surface area contributed by atoms with Crippen molar-refractivity contribution in [2.75, 3.05) is 26.2 Å². The van der Waals surface area contributed by atoms with Crippen LogP contribution in [0.25, 0.3) is 0 Å². The van der Waals surface area contributed by atoms with Crippen LogP contribution in [0.2, 0.25) is 0 Å². The largest absolute Gasteiger partial charge is 0.493 e. The molecule has 0 aliphatic carbocycles. The van der Waals surface area contributed by atoms with E-state index in [2.05, 4.69) is 21.2 Å². The van der Waals surface area contributed by atoms with Crippen molar-refractivity contribution in [3.05, 3.63) is 28.7 Å². The first kappa shape index (κ1) is 12.9. The highest BCUT2D eigenvalue weighted by atomic mass is 79.9. The van der Waals surface area contributed by atoms with Gasteiger partial charge in [-0.15, -0.1) is 0 Å². The Labute approximate surface area is 111 Å². The summed E-state index contributed by atoms with van der Waals surface area (Å²) >= 11 is 3.41. The lowest BCUT2D eigenvalue weighted by Gasteiger charge is -2.21. The first-order valence-electron chi connectivity index (χ1n) is 6.08. The van der Waals surface area contributed by atoms with Crippen LogP contribution in [0.1, 0.15) is 6.42 Å². The van der Waals surface area contributed by atoms with E-state index in [4.69, 9.17) is 10.5 Å². The third kappa shape index (κ3) is 3.69. The molecule has 1 fully saturated rings. The van der Waals surface area contributed by atoms with Crippen LogP contribution in [0.3, 0.4) is 0 Å². The van der Waals surface area contributed by atoms with Crippen molar-refractivity contribution in [1.82, 2.24) is 5.32 Å². The first-order chi connectivity index (χ1) is 8.29. The Morgan fingerprint density at radius 1 is 1.41 bits per heavy atom. The van der Waals surface area contributed by atoms with Gasteiger partial charge in [0.15, 0.2) is 0 Å². The maximum atomic E-state index is 5.83. The van der Waals surface area contributed by atoms with Gasteiger partial charge in [-0.1, -0.05) is 15.9 Å². The first-order valence-corrected chi connectivity index (χ1v) is 6.88. The molecule has 4 heteroatoms. The molecular weight excluding hydrogens is 280 g/mol. The zero-order valence-corrected chi connectivity index (χ0v) is 11.4. The van der Waals surface area contributed by atoms with E-state index in [-0.39, 0.29) is 0 Å². The van der Waals surface area contributed by atoms with Crippen molar-refractivity contribution >= 4 is 15.9 Å². The lowest BCUT2D eigenvalue weighted by atomic mass is 9.92. The summed E-state index contributed by atoms with van der Waals surface area (Å²) < 4.78 is 6.87. The molecule has 17 heavy (non-hydrogen) atoms. The maximum Gasteiger partial charge on any atom is 0.119 e. The third-order valence-electron chi connectivity index (χ3n) is 3.35. The van der Waals surface area contributed by atoms with Crippen molar-refractivity contribution < 1.29 is 4.74 Å². The third-order valence-corrected chi connectivity index (χ3v) is 3.87.